The van der Waals surface area contributed by atoms with Crippen LogP contribution < -0.4 is 5.32 Å². The minimum atomic E-state index is 0.105. The summed E-state index contributed by atoms with van der Waals surface area (Å²) in [4.78, 5) is 14.7. The Morgan fingerprint density at radius 3 is 2.73 bits per heavy atom. The molecule has 1 N–H and O–H groups in total. The van der Waals surface area contributed by atoms with Crippen molar-refractivity contribution in [2.45, 2.75) is 59.2 Å². The maximum atomic E-state index is 12.4. The topological polar surface area (TPSA) is 50.2 Å². The SMILES string of the molecule is Cc1nn(Cc2ccccc2)c(C)c1CNC(=O)CN1CCCC[C@@H]1C. The van der Waals surface area contributed by atoms with Crippen molar-refractivity contribution in [3.8, 4) is 0 Å². The molecule has 0 radical (unpaired) electrons. The van der Waals surface area contributed by atoms with Crippen molar-refractivity contribution in [3.05, 3.63) is 52.8 Å². The van der Waals surface area contributed by atoms with Gasteiger partial charge in [-0.15, -0.1) is 0 Å². The van der Waals surface area contributed by atoms with Gasteiger partial charge in [-0.05, 0) is 45.7 Å². The summed E-state index contributed by atoms with van der Waals surface area (Å²) < 4.78 is 2.03. The molecule has 0 aliphatic carbocycles. The molecular weight excluding hydrogens is 324 g/mol. The lowest BCUT2D eigenvalue weighted by atomic mass is 10.0. The molecule has 3 rings (SSSR count). The summed E-state index contributed by atoms with van der Waals surface area (Å²) in [6, 6.07) is 10.8. The Morgan fingerprint density at radius 1 is 1.23 bits per heavy atom. The average Bonchev–Trinajstić information content (AvgIpc) is 2.89. The van der Waals surface area contributed by atoms with Gasteiger partial charge in [0, 0.05) is 23.8 Å². The van der Waals surface area contributed by atoms with Gasteiger partial charge in [0.15, 0.2) is 0 Å². The van der Waals surface area contributed by atoms with Crippen molar-refractivity contribution >= 4 is 5.91 Å². The molecule has 5 heteroatoms. The van der Waals surface area contributed by atoms with Gasteiger partial charge < -0.3 is 5.32 Å². The highest BCUT2D eigenvalue weighted by atomic mass is 16.2. The van der Waals surface area contributed by atoms with E-state index in [1.165, 1.54) is 24.8 Å². The van der Waals surface area contributed by atoms with E-state index in [1.54, 1.807) is 0 Å². The highest BCUT2D eigenvalue weighted by molar-refractivity contribution is 5.78. The maximum Gasteiger partial charge on any atom is 0.234 e. The highest BCUT2D eigenvalue weighted by Gasteiger charge is 2.21. The van der Waals surface area contributed by atoms with Crippen LogP contribution in [0.4, 0.5) is 0 Å². The van der Waals surface area contributed by atoms with Crippen molar-refractivity contribution in [3.63, 3.8) is 0 Å². The molecule has 5 nitrogen and oxygen atoms in total. The van der Waals surface area contributed by atoms with Crippen LogP contribution in [0.3, 0.4) is 0 Å². The van der Waals surface area contributed by atoms with E-state index in [0.717, 1.165) is 30.0 Å². The summed E-state index contributed by atoms with van der Waals surface area (Å²) in [5.74, 6) is 0.105. The standard InChI is InChI=1S/C21H30N4O/c1-16-9-7-8-12-24(16)15-21(26)22-13-20-17(2)23-25(18(20)3)14-19-10-5-4-6-11-19/h4-6,10-11,16H,7-9,12-15H2,1-3H3,(H,22,26)/t16-/m0/s1. The maximum absolute atomic E-state index is 12.4. The number of nitrogens with zero attached hydrogens (tertiary/aromatic N) is 3. The van der Waals surface area contributed by atoms with Gasteiger partial charge in [-0.2, -0.15) is 5.10 Å². The molecule has 1 aliphatic heterocycles. The van der Waals surface area contributed by atoms with Crippen molar-refractivity contribution in [2.75, 3.05) is 13.1 Å². The summed E-state index contributed by atoms with van der Waals surface area (Å²) >= 11 is 0. The Morgan fingerprint density at radius 2 is 2.00 bits per heavy atom. The van der Waals surface area contributed by atoms with E-state index in [1.807, 2.05) is 29.8 Å². The number of benzene rings is 1. The molecule has 0 bridgehead atoms. The van der Waals surface area contributed by atoms with Gasteiger partial charge in [0.2, 0.25) is 5.91 Å². The summed E-state index contributed by atoms with van der Waals surface area (Å²) in [6.07, 6.45) is 3.66. The molecule has 1 atom stereocenters. The number of aryl methyl sites for hydroxylation is 1. The van der Waals surface area contributed by atoms with Gasteiger partial charge in [-0.25, -0.2) is 0 Å². The van der Waals surface area contributed by atoms with Crippen molar-refractivity contribution in [1.29, 1.82) is 0 Å². The largest absolute Gasteiger partial charge is 0.351 e. The third-order valence-corrected chi connectivity index (χ3v) is 5.46. The van der Waals surface area contributed by atoms with Crippen molar-refractivity contribution < 1.29 is 4.79 Å². The predicted octanol–water partition coefficient (Wildman–Crippen LogP) is 3.04. The molecule has 140 valence electrons. The lowest BCUT2D eigenvalue weighted by Crippen LogP contribution is -2.44. The number of nitrogens with one attached hydrogen (secondary N) is 1. The van der Waals surface area contributed by atoms with E-state index in [0.29, 0.717) is 19.1 Å². The van der Waals surface area contributed by atoms with Crippen LogP contribution in [0, 0.1) is 13.8 Å². The minimum absolute atomic E-state index is 0.105. The zero-order valence-electron chi connectivity index (χ0n) is 16.2. The number of amides is 1. The van der Waals surface area contributed by atoms with Gasteiger partial charge in [0.05, 0.1) is 18.8 Å². The number of carbonyl (C=O) groups excluding carboxylic acids is 1. The molecule has 1 aromatic carbocycles. The molecule has 1 saturated heterocycles. The van der Waals surface area contributed by atoms with Crippen LogP contribution >= 0.6 is 0 Å². The third-order valence-electron chi connectivity index (χ3n) is 5.46. The number of likely N-dealkylation sites (tertiary alicyclic amines) is 1. The second-order valence-corrected chi connectivity index (χ2v) is 7.38. The third kappa shape index (κ3) is 4.52. The predicted molar refractivity (Wildman–Crippen MR) is 104 cm³/mol. The molecule has 0 saturated carbocycles. The molecule has 0 spiro atoms. The summed E-state index contributed by atoms with van der Waals surface area (Å²) in [5.41, 5.74) is 4.47. The fourth-order valence-corrected chi connectivity index (χ4v) is 3.72. The van der Waals surface area contributed by atoms with Crippen LogP contribution in [0.1, 0.15) is 48.7 Å². The zero-order chi connectivity index (χ0) is 18.5. The van der Waals surface area contributed by atoms with E-state index < -0.39 is 0 Å². The monoisotopic (exact) mass is 354 g/mol. The molecule has 2 heterocycles. The van der Waals surface area contributed by atoms with Gasteiger partial charge in [-0.1, -0.05) is 36.8 Å². The van der Waals surface area contributed by atoms with E-state index in [9.17, 15) is 4.79 Å². The first-order valence-electron chi connectivity index (χ1n) is 9.62. The van der Waals surface area contributed by atoms with E-state index in [4.69, 9.17) is 0 Å². The summed E-state index contributed by atoms with van der Waals surface area (Å²) in [6.45, 7) is 9.15. The molecule has 1 fully saturated rings. The Labute approximate surface area is 156 Å². The minimum Gasteiger partial charge on any atom is -0.351 e. The first-order chi connectivity index (χ1) is 12.5. The van der Waals surface area contributed by atoms with Gasteiger partial charge >= 0.3 is 0 Å². The molecule has 1 aliphatic rings. The number of aromatic nitrogens is 2. The molecule has 2 aromatic rings. The lowest BCUT2D eigenvalue weighted by Gasteiger charge is -2.32. The number of rotatable bonds is 6. The van der Waals surface area contributed by atoms with Gasteiger partial charge in [-0.3, -0.25) is 14.4 Å². The van der Waals surface area contributed by atoms with Gasteiger partial charge in [0.1, 0.15) is 0 Å². The molecular formula is C21H30N4O. The van der Waals surface area contributed by atoms with Crippen LogP contribution in [-0.4, -0.2) is 39.7 Å². The lowest BCUT2D eigenvalue weighted by molar-refractivity contribution is -0.123. The smallest absolute Gasteiger partial charge is 0.234 e. The van der Waals surface area contributed by atoms with Crippen LogP contribution in [-0.2, 0) is 17.9 Å². The van der Waals surface area contributed by atoms with Crippen molar-refractivity contribution in [1.82, 2.24) is 20.0 Å². The Hall–Kier alpha value is -2.14. The van der Waals surface area contributed by atoms with Crippen LogP contribution in [0.25, 0.3) is 0 Å². The molecule has 1 aromatic heterocycles. The first-order valence-corrected chi connectivity index (χ1v) is 9.62. The second-order valence-electron chi connectivity index (χ2n) is 7.38. The normalized spacial score (nSPS) is 18.0. The quantitative estimate of drug-likeness (QED) is 0.867. The Bertz CT molecular complexity index is 738. The number of piperidine rings is 1. The second kappa shape index (κ2) is 8.49. The Balaban J connectivity index is 1.58. The molecule has 1 amide bonds. The summed E-state index contributed by atoms with van der Waals surface area (Å²) in [5, 5.41) is 7.76. The van der Waals surface area contributed by atoms with E-state index >= 15 is 0 Å². The number of hydrogen-bond donors (Lipinski definition) is 1. The fraction of sp³-hybridized carbons (Fsp3) is 0.524. The Kier molecular flexibility index (Phi) is 6.09. The zero-order valence-corrected chi connectivity index (χ0v) is 16.2. The fourth-order valence-electron chi connectivity index (χ4n) is 3.72. The number of carbonyl (C=O) groups is 1. The molecule has 0 unspecified atom stereocenters. The van der Waals surface area contributed by atoms with Crippen LogP contribution in [0.5, 0.6) is 0 Å². The van der Waals surface area contributed by atoms with E-state index in [2.05, 4.69) is 41.3 Å². The van der Waals surface area contributed by atoms with Crippen LogP contribution in [0.15, 0.2) is 30.3 Å². The van der Waals surface area contributed by atoms with Gasteiger partial charge in [0.25, 0.3) is 0 Å². The number of hydrogen-bond acceptors (Lipinski definition) is 3. The van der Waals surface area contributed by atoms with E-state index in [-0.39, 0.29) is 5.91 Å². The summed E-state index contributed by atoms with van der Waals surface area (Å²) in [7, 11) is 0. The van der Waals surface area contributed by atoms with Crippen LogP contribution in [0.2, 0.25) is 0 Å². The molecule has 26 heavy (non-hydrogen) atoms. The van der Waals surface area contributed by atoms with Crippen molar-refractivity contribution in [2.24, 2.45) is 0 Å². The first kappa shape index (κ1) is 18.6. The highest BCUT2D eigenvalue weighted by Crippen LogP contribution is 2.17. The average molecular weight is 354 g/mol.